The van der Waals surface area contributed by atoms with Crippen LogP contribution in [0.15, 0.2) is 30.3 Å². The summed E-state index contributed by atoms with van der Waals surface area (Å²) in [4.78, 5) is 14.8. The van der Waals surface area contributed by atoms with E-state index in [0.29, 0.717) is 12.1 Å². The topological polar surface area (TPSA) is 41.1 Å². The number of thiophene rings is 1. The summed E-state index contributed by atoms with van der Waals surface area (Å²) in [6, 6.07) is 9.79. The molecule has 0 aliphatic rings. The molecule has 21 heavy (non-hydrogen) atoms. The van der Waals surface area contributed by atoms with Crippen LogP contribution in [0.2, 0.25) is 0 Å². The second-order valence-corrected chi connectivity index (χ2v) is 6.45. The highest BCUT2D eigenvalue weighted by Gasteiger charge is 2.11. The lowest BCUT2D eigenvalue weighted by atomic mass is 10.1. The molecule has 0 aliphatic carbocycles. The normalized spacial score (nSPS) is 10.4. The van der Waals surface area contributed by atoms with E-state index in [1.54, 1.807) is 11.3 Å². The summed E-state index contributed by atoms with van der Waals surface area (Å²) in [7, 11) is 0. The Labute approximate surface area is 130 Å². The number of nitrogens with one attached hydrogen (secondary N) is 2. The molecule has 0 unspecified atom stereocenters. The van der Waals surface area contributed by atoms with Gasteiger partial charge in [-0.1, -0.05) is 19.1 Å². The van der Waals surface area contributed by atoms with Crippen molar-refractivity contribution < 1.29 is 4.79 Å². The van der Waals surface area contributed by atoms with Gasteiger partial charge >= 0.3 is 0 Å². The number of carbonyl (C=O) groups is 1. The quantitative estimate of drug-likeness (QED) is 0.843. The van der Waals surface area contributed by atoms with Gasteiger partial charge in [0.1, 0.15) is 0 Å². The average molecular weight is 302 g/mol. The Bertz CT molecular complexity index is 600. The number of carbonyl (C=O) groups excluding carboxylic acids is 1. The Morgan fingerprint density at radius 3 is 2.67 bits per heavy atom. The molecule has 1 amide bonds. The van der Waals surface area contributed by atoms with Crippen molar-refractivity contribution in [2.75, 3.05) is 11.9 Å². The third-order valence-corrected chi connectivity index (χ3v) is 4.53. The Morgan fingerprint density at radius 1 is 1.24 bits per heavy atom. The largest absolute Gasteiger partial charge is 0.384 e. The zero-order valence-electron chi connectivity index (χ0n) is 12.8. The van der Waals surface area contributed by atoms with Gasteiger partial charge in [-0.15, -0.1) is 11.3 Å². The van der Waals surface area contributed by atoms with Crippen molar-refractivity contribution in [1.29, 1.82) is 0 Å². The fraction of sp³-hybridized carbons (Fsp3) is 0.353. The van der Waals surface area contributed by atoms with E-state index in [2.05, 4.69) is 37.5 Å². The molecule has 112 valence electrons. The highest BCUT2D eigenvalue weighted by atomic mass is 32.1. The maximum Gasteiger partial charge on any atom is 0.253 e. The van der Waals surface area contributed by atoms with Crippen molar-refractivity contribution >= 4 is 22.9 Å². The standard InChI is InChI=1S/C17H22N2OS/c1-4-9-18-16-8-6-5-7-15(16)17(20)19-11-14-10-12(2)13(3)21-14/h5-8,10,18H,4,9,11H2,1-3H3,(H,19,20). The van der Waals surface area contributed by atoms with E-state index >= 15 is 0 Å². The molecule has 1 heterocycles. The minimum atomic E-state index is -0.0297. The van der Waals surface area contributed by atoms with E-state index in [1.807, 2.05) is 24.3 Å². The van der Waals surface area contributed by atoms with E-state index in [-0.39, 0.29) is 5.91 Å². The van der Waals surface area contributed by atoms with Crippen LogP contribution in [0.5, 0.6) is 0 Å². The molecule has 3 nitrogen and oxygen atoms in total. The van der Waals surface area contributed by atoms with Crippen LogP contribution in [-0.2, 0) is 6.54 Å². The lowest BCUT2D eigenvalue weighted by molar-refractivity contribution is 0.0952. The smallest absolute Gasteiger partial charge is 0.253 e. The number of hydrogen-bond acceptors (Lipinski definition) is 3. The van der Waals surface area contributed by atoms with E-state index in [4.69, 9.17) is 0 Å². The minimum Gasteiger partial charge on any atom is -0.384 e. The van der Waals surface area contributed by atoms with Gasteiger partial charge in [0.15, 0.2) is 0 Å². The summed E-state index contributed by atoms with van der Waals surface area (Å²) < 4.78 is 0. The van der Waals surface area contributed by atoms with Crippen LogP contribution in [0, 0.1) is 13.8 Å². The van der Waals surface area contributed by atoms with Crippen LogP contribution in [0.1, 0.15) is 39.0 Å². The van der Waals surface area contributed by atoms with Gasteiger partial charge in [0.25, 0.3) is 5.91 Å². The van der Waals surface area contributed by atoms with Crippen molar-refractivity contribution in [2.24, 2.45) is 0 Å². The maximum atomic E-state index is 12.3. The fourth-order valence-electron chi connectivity index (χ4n) is 2.09. The van der Waals surface area contributed by atoms with E-state index < -0.39 is 0 Å². The molecule has 1 aromatic heterocycles. The second-order valence-electron chi connectivity index (χ2n) is 5.11. The first-order valence-electron chi connectivity index (χ1n) is 7.28. The first kappa shape index (κ1) is 15.6. The molecule has 0 bridgehead atoms. The van der Waals surface area contributed by atoms with Gasteiger partial charge in [0, 0.05) is 22.0 Å². The minimum absolute atomic E-state index is 0.0297. The van der Waals surface area contributed by atoms with Crippen LogP contribution in [0.25, 0.3) is 0 Å². The predicted octanol–water partition coefficient (Wildman–Crippen LogP) is 4.12. The molecule has 0 atom stereocenters. The van der Waals surface area contributed by atoms with Crippen LogP contribution < -0.4 is 10.6 Å². The summed E-state index contributed by atoms with van der Waals surface area (Å²) >= 11 is 1.74. The number of aryl methyl sites for hydroxylation is 2. The van der Waals surface area contributed by atoms with Gasteiger partial charge in [0.2, 0.25) is 0 Å². The SMILES string of the molecule is CCCNc1ccccc1C(=O)NCc1cc(C)c(C)s1. The zero-order valence-corrected chi connectivity index (χ0v) is 13.6. The Balaban J connectivity index is 2.03. The highest BCUT2D eigenvalue weighted by molar-refractivity contribution is 7.12. The Morgan fingerprint density at radius 2 is 2.00 bits per heavy atom. The molecule has 0 aliphatic heterocycles. The molecular formula is C17H22N2OS. The average Bonchev–Trinajstić information content (AvgIpc) is 2.81. The van der Waals surface area contributed by atoms with Crippen LogP contribution in [0.4, 0.5) is 5.69 Å². The number of benzene rings is 1. The van der Waals surface area contributed by atoms with Gasteiger partial charge in [-0.05, 0) is 44.0 Å². The third kappa shape index (κ3) is 4.08. The summed E-state index contributed by atoms with van der Waals surface area (Å²) in [5.41, 5.74) is 2.89. The van der Waals surface area contributed by atoms with Crippen molar-refractivity contribution in [3.8, 4) is 0 Å². The molecule has 0 fully saturated rings. The Kier molecular flexibility index (Phi) is 5.39. The van der Waals surface area contributed by atoms with Crippen LogP contribution in [-0.4, -0.2) is 12.5 Å². The number of anilines is 1. The maximum absolute atomic E-state index is 12.3. The van der Waals surface area contributed by atoms with Gasteiger partial charge in [0.05, 0.1) is 12.1 Å². The molecule has 0 radical (unpaired) electrons. The lowest BCUT2D eigenvalue weighted by Crippen LogP contribution is -2.23. The number of para-hydroxylation sites is 1. The van der Waals surface area contributed by atoms with Crippen molar-refractivity contribution in [3.05, 3.63) is 51.2 Å². The summed E-state index contributed by atoms with van der Waals surface area (Å²) in [5, 5.41) is 6.30. The van der Waals surface area contributed by atoms with Gasteiger partial charge in [-0.3, -0.25) is 4.79 Å². The highest BCUT2D eigenvalue weighted by Crippen LogP contribution is 2.21. The summed E-state index contributed by atoms with van der Waals surface area (Å²) in [5.74, 6) is -0.0297. The van der Waals surface area contributed by atoms with Crippen molar-refractivity contribution in [3.63, 3.8) is 0 Å². The van der Waals surface area contributed by atoms with E-state index in [1.165, 1.54) is 15.3 Å². The predicted molar refractivity (Wildman–Crippen MR) is 90.2 cm³/mol. The fourth-order valence-corrected chi connectivity index (χ4v) is 3.09. The summed E-state index contributed by atoms with van der Waals surface area (Å²) in [6.07, 6.45) is 1.03. The monoisotopic (exact) mass is 302 g/mol. The van der Waals surface area contributed by atoms with E-state index in [0.717, 1.165) is 18.7 Å². The molecule has 0 spiro atoms. The second kappa shape index (κ2) is 7.27. The van der Waals surface area contributed by atoms with Gasteiger partial charge in [-0.2, -0.15) is 0 Å². The molecule has 0 saturated heterocycles. The van der Waals surface area contributed by atoms with Crippen LogP contribution >= 0.6 is 11.3 Å². The molecule has 2 N–H and O–H groups in total. The molecule has 0 saturated carbocycles. The van der Waals surface area contributed by atoms with Gasteiger partial charge < -0.3 is 10.6 Å². The zero-order chi connectivity index (χ0) is 15.2. The van der Waals surface area contributed by atoms with Crippen LogP contribution in [0.3, 0.4) is 0 Å². The third-order valence-electron chi connectivity index (χ3n) is 3.38. The Hall–Kier alpha value is -1.81. The molecule has 2 aromatic rings. The molecule has 4 heteroatoms. The summed E-state index contributed by atoms with van der Waals surface area (Å²) in [6.45, 7) is 7.77. The van der Waals surface area contributed by atoms with Crippen molar-refractivity contribution in [2.45, 2.75) is 33.7 Å². The van der Waals surface area contributed by atoms with E-state index in [9.17, 15) is 4.79 Å². The first-order valence-corrected chi connectivity index (χ1v) is 8.10. The van der Waals surface area contributed by atoms with Crippen molar-refractivity contribution in [1.82, 2.24) is 5.32 Å². The first-order chi connectivity index (χ1) is 10.1. The van der Waals surface area contributed by atoms with Gasteiger partial charge in [-0.25, -0.2) is 0 Å². The number of amides is 1. The molecular weight excluding hydrogens is 280 g/mol. The lowest BCUT2D eigenvalue weighted by Gasteiger charge is -2.11. The number of rotatable bonds is 6. The number of hydrogen-bond donors (Lipinski definition) is 2. The molecule has 2 rings (SSSR count). The molecule has 1 aromatic carbocycles.